The zero-order chi connectivity index (χ0) is 17.6. The molecule has 1 heterocycles. The van der Waals surface area contributed by atoms with Crippen LogP contribution in [0.4, 0.5) is 11.4 Å². The van der Waals surface area contributed by atoms with Crippen LogP contribution < -0.4 is 15.5 Å². The minimum absolute atomic E-state index is 0.0962. The Bertz CT molecular complexity index is 792. The lowest BCUT2D eigenvalue weighted by Crippen LogP contribution is -2.43. The molecular formula is C19H19BrN4O. The van der Waals surface area contributed by atoms with Gasteiger partial charge in [-0.15, -0.1) is 0 Å². The molecule has 0 radical (unpaired) electrons. The fourth-order valence-electron chi connectivity index (χ4n) is 2.84. The van der Waals surface area contributed by atoms with E-state index in [1.165, 1.54) is 5.69 Å². The summed E-state index contributed by atoms with van der Waals surface area (Å²) in [6.07, 6.45) is 0.238. The van der Waals surface area contributed by atoms with E-state index in [0.717, 1.165) is 41.9 Å². The fourth-order valence-corrected chi connectivity index (χ4v) is 3.17. The van der Waals surface area contributed by atoms with Crippen molar-refractivity contribution in [2.45, 2.75) is 6.42 Å². The van der Waals surface area contributed by atoms with Crippen molar-refractivity contribution in [3.8, 4) is 6.07 Å². The van der Waals surface area contributed by atoms with E-state index < -0.39 is 0 Å². The second-order valence-electron chi connectivity index (χ2n) is 5.93. The third kappa shape index (κ3) is 4.59. The van der Waals surface area contributed by atoms with Crippen molar-refractivity contribution in [1.82, 2.24) is 5.32 Å². The standard InChI is InChI=1S/C19H19BrN4O/c20-18-6-1-14(11-15(18)13-21)12-19(25)23-16-2-4-17(5-3-16)24-9-7-22-8-10-24/h1-6,11,22H,7-10,12H2,(H,23,25). The summed E-state index contributed by atoms with van der Waals surface area (Å²) in [7, 11) is 0. The molecule has 1 saturated heterocycles. The maximum atomic E-state index is 12.2. The Labute approximate surface area is 155 Å². The summed E-state index contributed by atoms with van der Waals surface area (Å²) in [5.41, 5.74) is 3.30. The lowest BCUT2D eigenvalue weighted by molar-refractivity contribution is -0.115. The summed E-state index contributed by atoms with van der Waals surface area (Å²) in [6.45, 7) is 3.99. The number of nitrogens with zero attached hydrogens (tertiary/aromatic N) is 2. The zero-order valence-electron chi connectivity index (χ0n) is 13.8. The minimum atomic E-state index is -0.0962. The van der Waals surface area contributed by atoms with Gasteiger partial charge in [0.25, 0.3) is 0 Å². The Kier molecular flexibility index (Phi) is 5.69. The van der Waals surface area contributed by atoms with Crippen molar-refractivity contribution in [1.29, 1.82) is 5.26 Å². The molecule has 0 atom stereocenters. The maximum Gasteiger partial charge on any atom is 0.228 e. The molecule has 1 fully saturated rings. The number of anilines is 2. The Hall–Kier alpha value is -2.36. The molecule has 0 bridgehead atoms. The van der Waals surface area contributed by atoms with E-state index in [0.29, 0.717) is 5.56 Å². The summed E-state index contributed by atoms with van der Waals surface area (Å²) < 4.78 is 0.739. The van der Waals surface area contributed by atoms with Crippen molar-refractivity contribution in [3.05, 3.63) is 58.1 Å². The van der Waals surface area contributed by atoms with Gasteiger partial charge in [0.05, 0.1) is 12.0 Å². The van der Waals surface area contributed by atoms with E-state index in [1.807, 2.05) is 30.3 Å². The molecule has 128 valence electrons. The summed E-state index contributed by atoms with van der Waals surface area (Å²) in [6, 6.07) is 15.4. The van der Waals surface area contributed by atoms with Gasteiger partial charge in [0.15, 0.2) is 0 Å². The second kappa shape index (κ2) is 8.15. The van der Waals surface area contributed by atoms with E-state index in [4.69, 9.17) is 5.26 Å². The van der Waals surface area contributed by atoms with Crippen molar-refractivity contribution in [2.24, 2.45) is 0 Å². The Morgan fingerprint density at radius 2 is 1.92 bits per heavy atom. The number of halogens is 1. The first-order valence-corrected chi connectivity index (χ1v) is 8.99. The molecule has 5 nitrogen and oxygen atoms in total. The third-order valence-electron chi connectivity index (χ3n) is 4.15. The quantitative estimate of drug-likeness (QED) is 0.830. The van der Waals surface area contributed by atoms with Crippen LogP contribution in [0.1, 0.15) is 11.1 Å². The van der Waals surface area contributed by atoms with Crippen molar-refractivity contribution in [2.75, 3.05) is 36.4 Å². The van der Waals surface area contributed by atoms with Crippen molar-refractivity contribution in [3.63, 3.8) is 0 Å². The molecule has 0 aliphatic carbocycles. The van der Waals surface area contributed by atoms with Crippen LogP contribution in [0.3, 0.4) is 0 Å². The van der Waals surface area contributed by atoms with Crippen LogP contribution in [0.2, 0.25) is 0 Å². The van der Waals surface area contributed by atoms with Crippen LogP contribution in [0.15, 0.2) is 46.9 Å². The highest BCUT2D eigenvalue weighted by molar-refractivity contribution is 9.10. The van der Waals surface area contributed by atoms with Gasteiger partial charge in [0.1, 0.15) is 6.07 Å². The van der Waals surface area contributed by atoms with Gasteiger partial charge < -0.3 is 15.5 Å². The number of amides is 1. The molecule has 0 aromatic heterocycles. The number of piperazine rings is 1. The molecular weight excluding hydrogens is 380 g/mol. The number of carbonyl (C=O) groups is 1. The van der Waals surface area contributed by atoms with Gasteiger partial charge in [-0.3, -0.25) is 4.79 Å². The first kappa shape index (κ1) is 17.5. The molecule has 1 aliphatic heterocycles. The lowest BCUT2D eigenvalue weighted by Gasteiger charge is -2.29. The van der Waals surface area contributed by atoms with Gasteiger partial charge in [0, 0.05) is 42.0 Å². The third-order valence-corrected chi connectivity index (χ3v) is 4.84. The average molecular weight is 399 g/mol. The molecule has 6 heteroatoms. The number of hydrogen-bond acceptors (Lipinski definition) is 4. The lowest BCUT2D eigenvalue weighted by atomic mass is 10.1. The van der Waals surface area contributed by atoms with Gasteiger partial charge in [-0.25, -0.2) is 0 Å². The van der Waals surface area contributed by atoms with Gasteiger partial charge in [-0.1, -0.05) is 6.07 Å². The highest BCUT2D eigenvalue weighted by Gasteiger charge is 2.11. The minimum Gasteiger partial charge on any atom is -0.369 e. The zero-order valence-corrected chi connectivity index (χ0v) is 15.3. The molecule has 0 saturated carbocycles. The topological polar surface area (TPSA) is 68.2 Å². The predicted octanol–water partition coefficient (Wildman–Crippen LogP) is 2.91. The molecule has 25 heavy (non-hydrogen) atoms. The molecule has 0 unspecified atom stereocenters. The second-order valence-corrected chi connectivity index (χ2v) is 6.79. The summed E-state index contributed by atoms with van der Waals surface area (Å²) in [4.78, 5) is 14.6. The van der Waals surface area contributed by atoms with Crippen LogP contribution in [-0.4, -0.2) is 32.1 Å². The molecule has 1 aliphatic rings. The summed E-state index contributed by atoms with van der Waals surface area (Å²) in [5, 5.41) is 15.3. The molecule has 2 aromatic rings. The molecule has 2 aromatic carbocycles. The normalized spacial score (nSPS) is 14.0. The number of nitriles is 1. The summed E-state index contributed by atoms with van der Waals surface area (Å²) >= 11 is 3.32. The van der Waals surface area contributed by atoms with Crippen molar-refractivity contribution >= 4 is 33.2 Å². The predicted molar refractivity (Wildman–Crippen MR) is 103 cm³/mol. The monoisotopic (exact) mass is 398 g/mol. The molecule has 1 amide bonds. The van der Waals surface area contributed by atoms with Crippen LogP contribution in [0.25, 0.3) is 0 Å². The van der Waals surface area contributed by atoms with Gasteiger partial charge in [0.2, 0.25) is 5.91 Å². The van der Waals surface area contributed by atoms with E-state index in [2.05, 4.69) is 37.5 Å². The molecule has 2 N–H and O–H groups in total. The average Bonchev–Trinajstić information content (AvgIpc) is 2.64. The fraction of sp³-hybridized carbons (Fsp3) is 0.263. The SMILES string of the molecule is N#Cc1cc(CC(=O)Nc2ccc(N3CCNCC3)cc2)ccc1Br. The largest absolute Gasteiger partial charge is 0.369 e. The first-order chi connectivity index (χ1) is 12.2. The Morgan fingerprint density at radius 1 is 1.20 bits per heavy atom. The molecule has 0 spiro atoms. The number of carbonyl (C=O) groups excluding carboxylic acids is 1. The highest BCUT2D eigenvalue weighted by Crippen LogP contribution is 2.20. The van der Waals surface area contributed by atoms with Gasteiger partial charge in [-0.2, -0.15) is 5.26 Å². The van der Waals surface area contributed by atoms with Gasteiger partial charge >= 0.3 is 0 Å². The van der Waals surface area contributed by atoms with E-state index in [9.17, 15) is 4.79 Å². The van der Waals surface area contributed by atoms with E-state index >= 15 is 0 Å². The number of hydrogen-bond donors (Lipinski definition) is 2. The van der Waals surface area contributed by atoms with Crippen LogP contribution >= 0.6 is 15.9 Å². The van der Waals surface area contributed by atoms with Crippen molar-refractivity contribution < 1.29 is 4.79 Å². The van der Waals surface area contributed by atoms with Crippen LogP contribution in [0, 0.1) is 11.3 Å². The highest BCUT2D eigenvalue weighted by atomic mass is 79.9. The van der Waals surface area contributed by atoms with E-state index in [1.54, 1.807) is 12.1 Å². The van der Waals surface area contributed by atoms with Crippen LogP contribution in [-0.2, 0) is 11.2 Å². The first-order valence-electron chi connectivity index (χ1n) is 8.20. The van der Waals surface area contributed by atoms with E-state index in [-0.39, 0.29) is 12.3 Å². The number of rotatable bonds is 4. The smallest absolute Gasteiger partial charge is 0.228 e. The molecule has 3 rings (SSSR count). The summed E-state index contributed by atoms with van der Waals surface area (Å²) in [5.74, 6) is -0.0962. The Morgan fingerprint density at radius 3 is 2.60 bits per heavy atom. The van der Waals surface area contributed by atoms with Crippen LogP contribution in [0.5, 0.6) is 0 Å². The van der Waals surface area contributed by atoms with Gasteiger partial charge in [-0.05, 0) is 57.9 Å². The Balaban J connectivity index is 1.60. The number of benzene rings is 2. The number of nitrogens with one attached hydrogen (secondary N) is 2. The maximum absolute atomic E-state index is 12.2.